The maximum atomic E-state index is 13.1. The maximum absolute atomic E-state index is 13.1. The lowest BCUT2D eigenvalue weighted by atomic mass is 10.3. The Hall–Kier alpha value is -2.04. The summed E-state index contributed by atoms with van der Waals surface area (Å²) in [7, 11) is 0. The molecule has 1 rings (SSSR count). The van der Waals surface area contributed by atoms with Crippen molar-refractivity contribution in [1.29, 1.82) is 0 Å². The molecular formula is C12H16FN3O. The summed E-state index contributed by atoms with van der Waals surface area (Å²) in [6.07, 6.45) is 3.06. The van der Waals surface area contributed by atoms with E-state index in [1.54, 1.807) is 12.3 Å². The van der Waals surface area contributed by atoms with Gasteiger partial charge in [-0.1, -0.05) is 0 Å². The number of nitrogen functional groups attached to an aromatic ring is 1. The van der Waals surface area contributed by atoms with Gasteiger partial charge in [0.2, 0.25) is 0 Å². The van der Waals surface area contributed by atoms with Gasteiger partial charge in [-0.3, -0.25) is 4.99 Å². The Bertz CT molecular complexity index is 441. The van der Waals surface area contributed by atoms with Gasteiger partial charge in [-0.2, -0.15) is 0 Å². The minimum atomic E-state index is -0.536. The van der Waals surface area contributed by atoms with Crippen LogP contribution in [-0.2, 0) is 0 Å². The highest BCUT2D eigenvalue weighted by Gasteiger charge is 2.01. The zero-order valence-electron chi connectivity index (χ0n) is 9.85. The van der Waals surface area contributed by atoms with Gasteiger partial charge >= 0.3 is 0 Å². The molecule has 0 bridgehead atoms. The molecule has 0 heterocycles. The van der Waals surface area contributed by atoms with E-state index in [1.165, 1.54) is 18.2 Å². The molecule has 17 heavy (non-hydrogen) atoms. The van der Waals surface area contributed by atoms with Crippen LogP contribution in [0.5, 0.6) is 5.75 Å². The first-order chi connectivity index (χ1) is 7.99. The van der Waals surface area contributed by atoms with Gasteiger partial charge in [0.1, 0.15) is 11.6 Å². The summed E-state index contributed by atoms with van der Waals surface area (Å²) in [6.45, 7) is 3.88. The Kier molecular flexibility index (Phi) is 4.51. The monoisotopic (exact) mass is 237 g/mol. The van der Waals surface area contributed by atoms with Crippen LogP contribution in [0.1, 0.15) is 13.8 Å². The molecule has 5 heteroatoms. The highest BCUT2D eigenvalue weighted by molar-refractivity contribution is 5.71. The number of halogens is 1. The van der Waals surface area contributed by atoms with Crippen molar-refractivity contribution in [3.63, 3.8) is 0 Å². The summed E-state index contributed by atoms with van der Waals surface area (Å²) in [4.78, 5) is 4.08. The van der Waals surface area contributed by atoms with Gasteiger partial charge in [0.25, 0.3) is 0 Å². The van der Waals surface area contributed by atoms with E-state index in [2.05, 4.69) is 4.99 Å². The van der Waals surface area contributed by atoms with E-state index >= 15 is 0 Å². The van der Waals surface area contributed by atoms with Gasteiger partial charge in [0.05, 0.1) is 5.69 Å². The molecule has 1 aromatic rings. The van der Waals surface area contributed by atoms with Crippen LogP contribution in [0.15, 0.2) is 35.2 Å². The van der Waals surface area contributed by atoms with Crippen LogP contribution in [0.3, 0.4) is 0 Å². The molecule has 0 aliphatic heterocycles. The number of rotatable bonds is 4. The van der Waals surface area contributed by atoms with Crippen molar-refractivity contribution in [3.05, 3.63) is 36.0 Å². The fraction of sp³-hybridized carbons (Fsp3) is 0.250. The van der Waals surface area contributed by atoms with Crippen LogP contribution in [-0.4, -0.2) is 12.3 Å². The Balaban J connectivity index is 2.67. The second-order valence-corrected chi connectivity index (χ2v) is 3.75. The zero-order chi connectivity index (χ0) is 12.8. The number of allylic oxidation sites excluding steroid dienone is 1. The van der Waals surface area contributed by atoms with Gasteiger partial charge < -0.3 is 16.2 Å². The summed E-state index contributed by atoms with van der Waals surface area (Å²) in [5, 5.41) is 0. The molecule has 4 nitrogen and oxygen atoms in total. The maximum Gasteiger partial charge on any atom is 0.192 e. The SMILES string of the molecule is CC(C)N=CC=C(N)Oc1ccc(N)c(F)c1. The predicted octanol–water partition coefficient (Wildman–Crippen LogP) is 2.07. The van der Waals surface area contributed by atoms with E-state index in [-0.39, 0.29) is 17.6 Å². The van der Waals surface area contributed by atoms with Gasteiger partial charge in [-0.15, -0.1) is 0 Å². The Labute approximate surface area is 99.8 Å². The number of hydrogen-bond donors (Lipinski definition) is 2. The van der Waals surface area contributed by atoms with Crippen LogP contribution in [0.4, 0.5) is 10.1 Å². The predicted molar refractivity (Wildman–Crippen MR) is 67.3 cm³/mol. The van der Waals surface area contributed by atoms with Gasteiger partial charge in [0, 0.05) is 24.4 Å². The largest absolute Gasteiger partial charge is 0.441 e. The molecule has 4 N–H and O–H groups in total. The summed E-state index contributed by atoms with van der Waals surface area (Å²) in [5.41, 5.74) is 11.0. The third-order valence-corrected chi connectivity index (χ3v) is 1.83. The van der Waals surface area contributed by atoms with E-state index in [1.807, 2.05) is 13.8 Å². The fourth-order valence-corrected chi connectivity index (χ4v) is 1.03. The number of nitrogens with zero attached hydrogens (tertiary/aromatic N) is 1. The highest BCUT2D eigenvalue weighted by Crippen LogP contribution is 2.18. The first-order valence-corrected chi connectivity index (χ1v) is 5.21. The minimum absolute atomic E-state index is 0.0706. The average Bonchev–Trinajstić information content (AvgIpc) is 2.23. The first kappa shape index (κ1) is 13.0. The van der Waals surface area contributed by atoms with Crippen molar-refractivity contribution in [1.82, 2.24) is 0 Å². The summed E-state index contributed by atoms with van der Waals surface area (Å²) in [5.74, 6) is -0.104. The molecule has 0 saturated heterocycles. The lowest BCUT2D eigenvalue weighted by Crippen LogP contribution is -2.06. The first-order valence-electron chi connectivity index (χ1n) is 5.21. The third-order valence-electron chi connectivity index (χ3n) is 1.83. The van der Waals surface area contributed by atoms with Crippen molar-refractivity contribution in [2.45, 2.75) is 19.9 Å². The fourth-order valence-electron chi connectivity index (χ4n) is 1.03. The minimum Gasteiger partial charge on any atom is -0.441 e. The summed E-state index contributed by atoms with van der Waals surface area (Å²) >= 11 is 0. The van der Waals surface area contributed by atoms with Crippen molar-refractivity contribution in [3.8, 4) is 5.75 Å². The lowest BCUT2D eigenvalue weighted by molar-refractivity contribution is 0.417. The zero-order valence-corrected chi connectivity index (χ0v) is 9.85. The van der Waals surface area contributed by atoms with Crippen LogP contribution >= 0.6 is 0 Å². The lowest BCUT2D eigenvalue weighted by Gasteiger charge is -2.05. The van der Waals surface area contributed by atoms with Gasteiger partial charge in [-0.05, 0) is 26.0 Å². The van der Waals surface area contributed by atoms with Crippen molar-refractivity contribution in [2.24, 2.45) is 10.7 Å². The Morgan fingerprint density at radius 2 is 2.18 bits per heavy atom. The number of hydrogen-bond acceptors (Lipinski definition) is 4. The number of nitrogens with two attached hydrogens (primary N) is 2. The molecule has 0 spiro atoms. The van der Waals surface area contributed by atoms with E-state index < -0.39 is 5.82 Å². The Morgan fingerprint density at radius 3 is 2.76 bits per heavy atom. The van der Waals surface area contributed by atoms with Gasteiger partial charge in [-0.25, -0.2) is 4.39 Å². The number of aliphatic imine (C=N–C) groups is 1. The number of benzene rings is 1. The molecular weight excluding hydrogens is 221 g/mol. The van der Waals surface area contributed by atoms with Crippen LogP contribution in [0, 0.1) is 5.82 Å². The second-order valence-electron chi connectivity index (χ2n) is 3.75. The highest BCUT2D eigenvalue weighted by atomic mass is 19.1. The smallest absolute Gasteiger partial charge is 0.192 e. The molecule has 0 aliphatic rings. The van der Waals surface area contributed by atoms with E-state index in [0.29, 0.717) is 5.75 Å². The third kappa shape index (κ3) is 4.55. The van der Waals surface area contributed by atoms with E-state index in [0.717, 1.165) is 0 Å². The van der Waals surface area contributed by atoms with E-state index in [4.69, 9.17) is 16.2 Å². The summed E-state index contributed by atoms with van der Waals surface area (Å²) < 4.78 is 18.3. The van der Waals surface area contributed by atoms with Crippen LogP contribution < -0.4 is 16.2 Å². The molecule has 0 radical (unpaired) electrons. The van der Waals surface area contributed by atoms with Crippen molar-refractivity contribution in [2.75, 3.05) is 5.73 Å². The molecule has 92 valence electrons. The molecule has 0 amide bonds. The normalized spacial score (nSPS) is 12.4. The van der Waals surface area contributed by atoms with Crippen molar-refractivity contribution >= 4 is 11.9 Å². The standard InChI is InChI=1S/C12H16FN3O/c1-8(2)16-6-5-12(15)17-9-3-4-11(14)10(13)7-9/h3-8H,14-15H2,1-2H3. The topological polar surface area (TPSA) is 73.6 Å². The number of anilines is 1. The Morgan fingerprint density at radius 1 is 1.47 bits per heavy atom. The number of ether oxygens (including phenoxy) is 1. The van der Waals surface area contributed by atoms with E-state index in [9.17, 15) is 4.39 Å². The van der Waals surface area contributed by atoms with Crippen molar-refractivity contribution < 1.29 is 9.13 Å². The molecule has 0 unspecified atom stereocenters. The molecule has 0 aliphatic carbocycles. The second kappa shape index (κ2) is 5.89. The van der Waals surface area contributed by atoms with Gasteiger partial charge in [0.15, 0.2) is 5.88 Å². The average molecular weight is 237 g/mol. The molecule has 1 aromatic carbocycles. The summed E-state index contributed by atoms with van der Waals surface area (Å²) in [6, 6.07) is 4.32. The van der Waals surface area contributed by atoms with Crippen LogP contribution in [0.25, 0.3) is 0 Å². The molecule has 0 aromatic heterocycles. The molecule has 0 atom stereocenters. The molecule has 0 saturated carbocycles. The van der Waals surface area contributed by atoms with Crippen LogP contribution in [0.2, 0.25) is 0 Å². The quantitative estimate of drug-likeness (QED) is 0.478. The molecule has 0 fully saturated rings.